The van der Waals surface area contributed by atoms with Gasteiger partial charge in [-0.2, -0.15) is 0 Å². The van der Waals surface area contributed by atoms with E-state index < -0.39 is 0 Å². The number of fused-ring (bicyclic) bond motifs is 3. The van der Waals surface area contributed by atoms with Crippen molar-refractivity contribution in [2.24, 2.45) is 0 Å². The predicted molar refractivity (Wildman–Crippen MR) is 148 cm³/mol. The Morgan fingerprint density at radius 2 is 1.59 bits per heavy atom. The summed E-state index contributed by atoms with van der Waals surface area (Å²) in [5.74, 6) is -0.0962. The third kappa shape index (κ3) is 4.94. The second-order valence-electron chi connectivity index (χ2n) is 9.97. The summed E-state index contributed by atoms with van der Waals surface area (Å²) in [6.45, 7) is 6.04. The Kier molecular flexibility index (Phi) is 6.95. The number of carbonyl (C=O) groups is 2. The first-order valence-corrected chi connectivity index (χ1v) is 12.9. The molecule has 2 heterocycles. The van der Waals surface area contributed by atoms with Crippen molar-refractivity contribution in [3.8, 4) is 5.69 Å². The summed E-state index contributed by atoms with van der Waals surface area (Å²) in [5.41, 5.74) is 6.16. The molecule has 2 amide bonds. The van der Waals surface area contributed by atoms with Gasteiger partial charge in [-0.3, -0.25) is 14.5 Å². The maximum absolute atomic E-state index is 14.2. The van der Waals surface area contributed by atoms with E-state index in [0.717, 1.165) is 33.8 Å². The third-order valence-electron chi connectivity index (χ3n) is 7.07. The summed E-state index contributed by atoms with van der Waals surface area (Å²) >= 11 is 0. The molecule has 0 radical (unpaired) electrons. The first-order chi connectivity index (χ1) is 17.9. The Morgan fingerprint density at radius 3 is 2.32 bits per heavy atom. The number of anilines is 1. The van der Waals surface area contributed by atoms with Crippen LogP contribution in [0.4, 0.5) is 5.69 Å². The zero-order valence-electron chi connectivity index (χ0n) is 21.7. The van der Waals surface area contributed by atoms with E-state index in [0.29, 0.717) is 12.8 Å². The number of benzene rings is 3. The molecular formula is C32H33N3O2. The molecule has 0 saturated carbocycles. The molecule has 5 rings (SSSR count). The number of hydrogen-bond donors (Lipinski definition) is 0. The molecule has 1 unspecified atom stereocenters. The van der Waals surface area contributed by atoms with E-state index in [1.165, 1.54) is 0 Å². The van der Waals surface area contributed by atoms with Gasteiger partial charge in [-0.1, -0.05) is 72.3 Å². The molecule has 5 heteroatoms. The van der Waals surface area contributed by atoms with Gasteiger partial charge >= 0.3 is 0 Å². The molecule has 1 aliphatic heterocycles. The van der Waals surface area contributed by atoms with Gasteiger partial charge in [0.15, 0.2) is 0 Å². The maximum Gasteiger partial charge on any atom is 0.247 e. The van der Waals surface area contributed by atoms with E-state index in [9.17, 15) is 9.59 Å². The lowest BCUT2D eigenvalue weighted by atomic mass is 9.96. The second kappa shape index (κ2) is 10.5. The van der Waals surface area contributed by atoms with Gasteiger partial charge in [-0.15, -0.1) is 0 Å². The van der Waals surface area contributed by atoms with Crippen molar-refractivity contribution in [3.05, 3.63) is 120 Å². The van der Waals surface area contributed by atoms with E-state index in [4.69, 9.17) is 0 Å². The number of nitrogens with zero attached hydrogens (tertiary/aromatic N) is 3. The molecule has 188 valence electrons. The van der Waals surface area contributed by atoms with Crippen LogP contribution in [0.1, 0.15) is 48.7 Å². The van der Waals surface area contributed by atoms with E-state index in [2.05, 4.69) is 35.8 Å². The number of rotatable bonds is 7. The molecule has 37 heavy (non-hydrogen) atoms. The van der Waals surface area contributed by atoms with Crippen molar-refractivity contribution in [2.45, 2.75) is 45.7 Å². The Balaban J connectivity index is 1.48. The highest BCUT2D eigenvalue weighted by atomic mass is 16.2. The quantitative estimate of drug-likeness (QED) is 0.314. The lowest BCUT2D eigenvalue weighted by Crippen LogP contribution is -2.48. The second-order valence-corrected chi connectivity index (χ2v) is 9.97. The number of hydrogen-bond acceptors (Lipinski definition) is 2. The zero-order valence-corrected chi connectivity index (χ0v) is 21.7. The van der Waals surface area contributed by atoms with Gasteiger partial charge in [0.2, 0.25) is 11.8 Å². The van der Waals surface area contributed by atoms with Crippen LogP contribution in [0.5, 0.6) is 0 Å². The molecule has 5 nitrogen and oxygen atoms in total. The molecule has 0 bridgehead atoms. The van der Waals surface area contributed by atoms with E-state index in [1.807, 2.05) is 91.7 Å². The van der Waals surface area contributed by atoms with Gasteiger partial charge in [0.05, 0.1) is 17.1 Å². The molecule has 0 spiro atoms. The highest BCUT2D eigenvalue weighted by molar-refractivity contribution is 6.00. The molecule has 1 aliphatic rings. The molecule has 0 N–H and O–H groups in total. The number of aryl methyl sites for hydroxylation is 2. The molecule has 0 aliphatic carbocycles. The summed E-state index contributed by atoms with van der Waals surface area (Å²) in [7, 11) is 0. The average molecular weight is 492 g/mol. The monoisotopic (exact) mass is 491 g/mol. The molecule has 0 fully saturated rings. The molecule has 3 aromatic carbocycles. The largest absolute Gasteiger partial charge is 0.331 e. The van der Waals surface area contributed by atoms with Crippen LogP contribution < -0.4 is 4.90 Å². The molecule has 1 atom stereocenters. The number of amides is 2. The van der Waals surface area contributed by atoms with Crippen LogP contribution in [0, 0.1) is 6.92 Å². The number of aromatic nitrogens is 1. The Morgan fingerprint density at radius 1 is 0.865 bits per heavy atom. The van der Waals surface area contributed by atoms with Crippen molar-refractivity contribution >= 4 is 17.5 Å². The summed E-state index contributed by atoms with van der Waals surface area (Å²) in [6.07, 6.45) is 3.07. The van der Waals surface area contributed by atoms with E-state index >= 15 is 0 Å². The molecular weight excluding hydrogens is 458 g/mol. The predicted octanol–water partition coefficient (Wildman–Crippen LogP) is 6.09. The Bertz CT molecular complexity index is 1410. The highest BCUT2D eigenvalue weighted by Gasteiger charge is 2.37. The Labute approximate surface area is 219 Å². The van der Waals surface area contributed by atoms with Gasteiger partial charge in [0.25, 0.3) is 0 Å². The van der Waals surface area contributed by atoms with Crippen LogP contribution in [0.3, 0.4) is 0 Å². The van der Waals surface area contributed by atoms with Crippen LogP contribution in [-0.2, 0) is 16.0 Å². The van der Waals surface area contributed by atoms with Gasteiger partial charge in [-0.05, 0) is 62.6 Å². The van der Waals surface area contributed by atoms with Crippen LogP contribution >= 0.6 is 0 Å². The lowest BCUT2D eigenvalue weighted by Gasteiger charge is -2.40. The number of para-hydroxylation sites is 2. The van der Waals surface area contributed by atoms with Crippen LogP contribution in [0.25, 0.3) is 5.69 Å². The van der Waals surface area contributed by atoms with Crippen molar-refractivity contribution in [1.29, 1.82) is 0 Å². The third-order valence-corrected chi connectivity index (χ3v) is 7.07. The van der Waals surface area contributed by atoms with Crippen LogP contribution in [0.2, 0.25) is 0 Å². The molecule has 1 aromatic heterocycles. The topological polar surface area (TPSA) is 45.6 Å². The fourth-order valence-corrected chi connectivity index (χ4v) is 5.24. The molecule has 4 aromatic rings. The minimum Gasteiger partial charge on any atom is -0.331 e. The average Bonchev–Trinajstić information content (AvgIpc) is 3.40. The fourth-order valence-electron chi connectivity index (χ4n) is 5.24. The maximum atomic E-state index is 14.2. The van der Waals surface area contributed by atoms with Gasteiger partial charge in [0, 0.05) is 18.7 Å². The number of carbonyl (C=O) groups excluding carboxylic acids is 2. The highest BCUT2D eigenvalue weighted by Crippen LogP contribution is 2.42. The van der Waals surface area contributed by atoms with Gasteiger partial charge < -0.3 is 9.47 Å². The van der Waals surface area contributed by atoms with Crippen molar-refractivity contribution in [1.82, 2.24) is 9.47 Å². The minimum absolute atomic E-state index is 0.00650. The van der Waals surface area contributed by atoms with Gasteiger partial charge in [-0.25, -0.2) is 0 Å². The van der Waals surface area contributed by atoms with Crippen LogP contribution in [-0.4, -0.2) is 33.9 Å². The van der Waals surface area contributed by atoms with E-state index in [1.54, 1.807) is 4.90 Å². The summed E-state index contributed by atoms with van der Waals surface area (Å²) in [4.78, 5) is 31.1. The fraction of sp³-hybridized carbons (Fsp3) is 0.250. The first-order valence-electron chi connectivity index (χ1n) is 12.9. The molecule has 0 saturated heterocycles. The van der Waals surface area contributed by atoms with E-state index in [-0.39, 0.29) is 30.4 Å². The van der Waals surface area contributed by atoms with Gasteiger partial charge in [0.1, 0.15) is 12.6 Å². The van der Waals surface area contributed by atoms with Crippen LogP contribution in [0.15, 0.2) is 97.2 Å². The summed E-state index contributed by atoms with van der Waals surface area (Å²) in [5, 5.41) is 0. The van der Waals surface area contributed by atoms with Crippen molar-refractivity contribution in [2.75, 3.05) is 11.4 Å². The normalized spacial score (nSPS) is 14.3. The standard InChI is InChI=1S/C32H33N3O2/c1-23(2)34(30(36)19-18-25-12-5-4-6-13-25)22-31(37)35-28-16-8-7-15-27(28)33-20-10-17-29(33)32(35)26-14-9-11-24(3)21-26/h4-17,20-21,23,32H,18-19,22H2,1-3H3. The SMILES string of the molecule is Cc1cccc(C2c3cccn3-c3ccccc3N2C(=O)CN(C(=O)CCc2ccccc2)C(C)C)c1. The lowest BCUT2D eigenvalue weighted by molar-refractivity contribution is -0.137. The Hall–Kier alpha value is -4.12. The smallest absolute Gasteiger partial charge is 0.247 e. The van der Waals surface area contributed by atoms with Crippen molar-refractivity contribution < 1.29 is 9.59 Å². The van der Waals surface area contributed by atoms with Crippen molar-refractivity contribution in [3.63, 3.8) is 0 Å². The summed E-state index contributed by atoms with van der Waals surface area (Å²) < 4.78 is 2.16. The zero-order chi connectivity index (χ0) is 25.9. The first kappa shape index (κ1) is 24.6. The minimum atomic E-state index is -0.286. The summed E-state index contributed by atoms with van der Waals surface area (Å²) in [6, 6.07) is 30.0.